The van der Waals surface area contributed by atoms with Gasteiger partial charge in [0.25, 0.3) is 11.8 Å². The van der Waals surface area contributed by atoms with E-state index in [0.29, 0.717) is 36.5 Å². The maximum atomic E-state index is 12.2. The predicted octanol–water partition coefficient (Wildman–Crippen LogP) is 1.15. The molecule has 1 aliphatic heterocycles. The zero-order valence-corrected chi connectivity index (χ0v) is 16.9. The Bertz CT molecular complexity index is 981. The van der Waals surface area contributed by atoms with Gasteiger partial charge in [0.05, 0.1) is 47.1 Å². The average Bonchev–Trinajstić information content (AvgIpc) is 3.16. The number of nitrogens with two attached hydrogens (primary N) is 1. The van der Waals surface area contributed by atoms with Crippen molar-refractivity contribution in [1.29, 1.82) is 0 Å². The fourth-order valence-electron chi connectivity index (χ4n) is 4.23. The van der Waals surface area contributed by atoms with Crippen LogP contribution in [0.3, 0.4) is 0 Å². The maximum absolute atomic E-state index is 12.2. The molecule has 1 aliphatic carbocycles. The van der Waals surface area contributed by atoms with Crippen LogP contribution in [0.15, 0.2) is 18.5 Å². The summed E-state index contributed by atoms with van der Waals surface area (Å²) in [7, 11) is 0. The van der Waals surface area contributed by atoms with E-state index in [1.807, 2.05) is 26.8 Å². The number of carbonyl (C=O) groups excluding carboxylic acids is 2. The molecular formula is C20H27N5O4. The number of ether oxygens (including phenoxy) is 1. The number of amides is 2. The van der Waals surface area contributed by atoms with Gasteiger partial charge < -0.3 is 25.8 Å². The van der Waals surface area contributed by atoms with Crippen molar-refractivity contribution in [3.63, 3.8) is 0 Å². The van der Waals surface area contributed by atoms with E-state index in [-0.39, 0.29) is 24.1 Å². The van der Waals surface area contributed by atoms with Crippen LogP contribution in [-0.2, 0) is 9.53 Å². The average molecular weight is 401 g/mol. The molecule has 2 aromatic heterocycles. The third-order valence-electron chi connectivity index (χ3n) is 6.68. The van der Waals surface area contributed by atoms with Crippen molar-refractivity contribution in [2.75, 3.05) is 30.0 Å². The number of nitrogens with zero attached hydrogens (tertiary/aromatic N) is 3. The summed E-state index contributed by atoms with van der Waals surface area (Å²) in [5.74, 6) is -0.708. The van der Waals surface area contributed by atoms with Gasteiger partial charge in [-0.25, -0.2) is 4.52 Å². The molecule has 2 aliphatic rings. The van der Waals surface area contributed by atoms with E-state index in [1.165, 1.54) is 6.20 Å². The zero-order chi connectivity index (χ0) is 21.0. The van der Waals surface area contributed by atoms with Crippen molar-refractivity contribution >= 4 is 28.7 Å². The van der Waals surface area contributed by atoms with Crippen LogP contribution in [-0.4, -0.2) is 57.9 Å². The Kier molecular flexibility index (Phi) is 4.54. The third-order valence-corrected chi connectivity index (χ3v) is 6.68. The molecule has 2 fully saturated rings. The molecule has 3 heterocycles. The predicted molar refractivity (Wildman–Crippen MR) is 108 cm³/mol. The van der Waals surface area contributed by atoms with Gasteiger partial charge in [0.1, 0.15) is 6.61 Å². The number of hydrogen-bond donors (Lipinski definition) is 3. The van der Waals surface area contributed by atoms with Crippen LogP contribution in [0.5, 0.6) is 0 Å². The van der Waals surface area contributed by atoms with E-state index < -0.39 is 16.9 Å². The highest BCUT2D eigenvalue weighted by atomic mass is 16.5. The molecule has 0 unspecified atom stereocenters. The van der Waals surface area contributed by atoms with Crippen LogP contribution >= 0.6 is 0 Å². The van der Waals surface area contributed by atoms with E-state index in [1.54, 1.807) is 15.6 Å². The standard InChI is InChI=1S/C20H27N5O4/c1-19(2)15(4-5-20(19,3)28)23-17-13(18(21)27)9-22-25-10-12(8-14(17)25)24-6-7-29-11-16(24)26/h8-10,15,23,28H,4-7,11H2,1-3H3,(H2,21,27)/t15-,20-/m1/s1. The Labute approximate surface area is 168 Å². The number of anilines is 2. The molecule has 0 spiro atoms. The quantitative estimate of drug-likeness (QED) is 0.706. The van der Waals surface area contributed by atoms with Crippen molar-refractivity contribution in [1.82, 2.24) is 9.61 Å². The summed E-state index contributed by atoms with van der Waals surface area (Å²) in [4.78, 5) is 26.0. The molecule has 0 bridgehead atoms. The van der Waals surface area contributed by atoms with Gasteiger partial charge in [-0.3, -0.25) is 9.59 Å². The number of aliphatic hydroxyl groups is 1. The van der Waals surface area contributed by atoms with Crippen molar-refractivity contribution in [3.8, 4) is 0 Å². The minimum absolute atomic E-state index is 0.0443. The summed E-state index contributed by atoms with van der Waals surface area (Å²) in [6.45, 7) is 6.83. The largest absolute Gasteiger partial charge is 0.390 e. The van der Waals surface area contributed by atoms with E-state index in [9.17, 15) is 14.7 Å². The molecule has 1 saturated heterocycles. The highest BCUT2D eigenvalue weighted by molar-refractivity contribution is 6.03. The SMILES string of the molecule is CC1(C)[C@H](Nc2c(C(N)=O)cnn3cc(N4CCOCC4=O)cc23)CC[C@@]1(C)O. The highest BCUT2D eigenvalue weighted by Gasteiger charge is 2.50. The van der Waals surface area contributed by atoms with Crippen LogP contribution in [0.1, 0.15) is 44.0 Å². The molecule has 2 atom stereocenters. The maximum Gasteiger partial charge on any atom is 0.253 e. The van der Waals surface area contributed by atoms with Crippen molar-refractivity contribution in [2.45, 2.75) is 45.3 Å². The third kappa shape index (κ3) is 3.14. The Balaban J connectivity index is 1.78. The summed E-state index contributed by atoms with van der Waals surface area (Å²) < 4.78 is 6.83. The molecular weight excluding hydrogens is 374 g/mol. The molecule has 9 heteroatoms. The van der Waals surface area contributed by atoms with Crippen LogP contribution < -0.4 is 16.0 Å². The molecule has 2 amide bonds. The van der Waals surface area contributed by atoms with Gasteiger partial charge in [-0.15, -0.1) is 0 Å². The van der Waals surface area contributed by atoms with Crippen LogP contribution in [0.2, 0.25) is 0 Å². The number of morpholine rings is 1. The van der Waals surface area contributed by atoms with Gasteiger partial charge in [0.2, 0.25) is 0 Å². The van der Waals surface area contributed by atoms with Gasteiger partial charge in [-0.1, -0.05) is 13.8 Å². The lowest BCUT2D eigenvalue weighted by molar-refractivity contribution is -0.125. The number of carbonyl (C=O) groups is 2. The lowest BCUT2D eigenvalue weighted by atomic mass is 9.76. The van der Waals surface area contributed by atoms with E-state index in [0.717, 1.165) is 6.42 Å². The summed E-state index contributed by atoms with van der Waals surface area (Å²) in [5, 5.41) is 18.5. The molecule has 156 valence electrons. The molecule has 9 nitrogen and oxygen atoms in total. The first-order valence-electron chi connectivity index (χ1n) is 9.80. The lowest BCUT2D eigenvalue weighted by Gasteiger charge is -2.38. The second kappa shape index (κ2) is 6.70. The number of primary amides is 1. The molecule has 2 aromatic rings. The second-order valence-electron chi connectivity index (χ2n) is 8.65. The fourth-order valence-corrected chi connectivity index (χ4v) is 4.23. The lowest BCUT2D eigenvalue weighted by Crippen LogP contribution is -2.45. The minimum Gasteiger partial charge on any atom is -0.390 e. The second-order valence-corrected chi connectivity index (χ2v) is 8.65. The van der Waals surface area contributed by atoms with Crippen molar-refractivity contribution in [3.05, 3.63) is 24.0 Å². The van der Waals surface area contributed by atoms with Crippen LogP contribution in [0.25, 0.3) is 5.52 Å². The molecule has 4 rings (SSSR count). The number of fused-ring (bicyclic) bond motifs is 1. The van der Waals surface area contributed by atoms with Gasteiger partial charge in [-0.05, 0) is 25.8 Å². The summed E-state index contributed by atoms with van der Waals surface area (Å²) in [6, 6.07) is 1.76. The number of rotatable bonds is 4. The van der Waals surface area contributed by atoms with Gasteiger partial charge >= 0.3 is 0 Å². The zero-order valence-electron chi connectivity index (χ0n) is 16.9. The summed E-state index contributed by atoms with van der Waals surface area (Å²) in [5.41, 5.74) is 6.55. The molecule has 1 saturated carbocycles. The van der Waals surface area contributed by atoms with E-state index >= 15 is 0 Å². The van der Waals surface area contributed by atoms with Crippen molar-refractivity contribution < 1.29 is 19.4 Å². The van der Waals surface area contributed by atoms with Crippen molar-refractivity contribution in [2.24, 2.45) is 11.1 Å². The van der Waals surface area contributed by atoms with Gasteiger partial charge in [0, 0.05) is 18.0 Å². The topological polar surface area (TPSA) is 122 Å². The Morgan fingerprint density at radius 2 is 2.17 bits per heavy atom. The highest BCUT2D eigenvalue weighted by Crippen LogP contribution is 2.47. The van der Waals surface area contributed by atoms with Gasteiger partial charge in [0.15, 0.2) is 0 Å². The van der Waals surface area contributed by atoms with E-state index in [2.05, 4.69) is 10.4 Å². The minimum atomic E-state index is -0.825. The molecule has 0 radical (unpaired) electrons. The number of nitrogens with one attached hydrogen (secondary N) is 1. The monoisotopic (exact) mass is 401 g/mol. The molecule has 29 heavy (non-hydrogen) atoms. The van der Waals surface area contributed by atoms with Gasteiger partial charge in [-0.2, -0.15) is 5.10 Å². The summed E-state index contributed by atoms with van der Waals surface area (Å²) >= 11 is 0. The summed E-state index contributed by atoms with van der Waals surface area (Å²) in [6.07, 6.45) is 4.59. The Morgan fingerprint density at radius 3 is 2.79 bits per heavy atom. The molecule has 4 N–H and O–H groups in total. The van der Waals surface area contributed by atoms with Crippen LogP contribution in [0.4, 0.5) is 11.4 Å². The first-order valence-corrected chi connectivity index (χ1v) is 9.80. The smallest absolute Gasteiger partial charge is 0.253 e. The normalized spacial score (nSPS) is 26.8. The first kappa shape index (κ1) is 19.7. The molecule has 0 aromatic carbocycles. The first-order chi connectivity index (χ1) is 13.6. The van der Waals surface area contributed by atoms with Crippen LogP contribution in [0, 0.1) is 5.41 Å². The fraction of sp³-hybridized carbons (Fsp3) is 0.550. The number of hydrogen-bond acceptors (Lipinski definition) is 6. The van der Waals surface area contributed by atoms with E-state index in [4.69, 9.17) is 10.5 Å². The Morgan fingerprint density at radius 1 is 1.41 bits per heavy atom. The number of aromatic nitrogens is 2. The Hall–Kier alpha value is -2.65.